The van der Waals surface area contributed by atoms with Crippen molar-refractivity contribution >= 4 is 0 Å². The first-order chi connectivity index (χ1) is 9.99. The van der Waals surface area contributed by atoms with Crippen molar-refractivity contribution in [3.8, 4) is 0 Å². The van der Waals surface area contributed by atoms with Gasteiger partial charge in [-0.15, -0.1) is 0 Å². The van der Waals surface area contributed by atoms with Gasteiger partial charge in [-0.25, -0.2) is 0 Å². The highest BCUT2D eigenvalue weighted by atomic mass is 16.7. The van der Waals surface area contributed by atoms with Gasteiger partial charge in [0.25, 0.3) is 0 Å². The molecule has 0 spiro atoms. The van der Waals surface area contributed by atoms with Gasteiger partial charge in [0, 0.05) is 5.56 Å². The van der Waals surface area contributed by atoms with Gasteiger partial charge in [0.1, 0.15) is 12.2 Å². The number of aliphatic hydroxyl groups excluding tert-OH is 2. The highest BCUT2D eigenvalue weighted by Gasteiger charge is 2.38. The van der Waals surface area contributed by atoms with Crippen LogP contribution in [0.2, 0.25) is 0 Å². The van der Waals surface area contributed by atoms with E-state index in [1.54, 1.807) is 0 Å². The predicted octanol–water partition coefficient (Wildman–Crippen LogP) is 2.50. The van der Waals surface area contributed by atoms with Gasteiger partial charge in [-0.1, -0.05) is 51.1 Å². The van der Waals surface area contributed by atoms with Gasteiger partial charge in [-0.2, -0.15) is 0 Å². The Bertz CT molecular complexity index is 420. The molecule has 1 unspecified atom stereocenters. The summed E-state index contributed by atoms with van der Waals surface area (Å²) in [6, 6.07) is 9.60. The van der Waals surface area contributed by atoms with E-state index in [9.17, 15) is 10.2 Å². The van der Waals surface area contributed by atoms with Crippen LogP contribution in [0, 0.1) is 11.8 Å². The minimum atomic E-state index is -0.797. The highest BCUT2D eigenvalue weighted by molar-refractivity contribution is 5.16. The average molecular weight is 294 g/mol. The molecule has 0 radical (unpaired) electrons. The second-order valence-corrected chi connectivity index (χ2v) is 6.34. The van der Waals surface area contributed by atoms with Crippen molar-refractivity contribution in [2.24, 2.45) is 11.8 Å². The fourth-order valence-corrected chi connectivity index (χ4v) is 2.85. The third-order valence-corrected chi connectivity index (χ3v) is 3.91. The maximum absolute atomic E-state index is 10.5. The molecule has 0 aliphatic carbocycles. The van der Waals surface area contributed by atoms with Crippen LogP contribution in [-0.2, 0) is 9.47 Å². The van der Waals surface area contributed by atoms with Crippen LogP contribution >= 0.6 is 0 Å². The van der Waals surface area contributed by atoms with Crippen molar-refractivity contribution in [3.63, 3.8) is 0 Å². The molecule has 1 aromatic rings. The lowest BCUT2D eigenvalue weighted by molar-refractivity contribution is -0.280. The molecule has 4 heteroatoms. The number of benzene rings is 1. The molecule has 5 atom stereocenters. The van der Waals surface area contributed by atoms with Crippen LogP contribution in [0.1, 0.15) is 39.0 Å². The molecular weight excluding hydrogens is 268 g/mol. The predicted molar refractivity (Wildman–Crippen MR) is 80.6 cm³/mol. The summed E-state index contributed by atoms with van der Waals surface area (Å²) in [6.07, 6.45) is -1.74. The summed E-state index contributed by atoms with van der Waals surface area (Å²) in [5.41, 5.74) is 0.901. The van der Waals surface area contributed by atoms with Crippen LogP contribution in [-0.4, -0.2) is 35.1 Å². The van der Waals surface area contributed by atoms with E-state index in [0.29, 0.717) is 5.92 Å². The summed E-state index contributed by atoms with van der Waals surface area (Å²) in [5.74, 6) is 0.565. The topological polar surface area (TPSA) is 58.9 Å². The van der Waals surface area contributed by atoms with Crippen LogP contribution in [0.4, 0.5) is 0 Å². The summed E-state index contributed by atoms with van der Waals surface area (Å²) in [7, 11) is 0. The van der Waals surface area contributed by atoms with Gasteiger partial charge >= 0.3 is 0 Å². The maximum atomic E-state index is 10.5. The summed E-state index contributed by atoms with van der Waals surface area (Å²) >= 11 is 0. The summed E-state index contributed by atoms with van der Waals surface area (Å²) in [6.45, 7) is 6.41. The summed E-state index contributed by atoms with van der Waals surface area (Å²) < 4.78 is 11.4. The molecule has 1 heterocycles. The van der Waals surface area contributed by atoms with Crippen molar-refractivity contribution in [1.29, 1.82) is 0 Å². The van der Waals surface area contributed by atoms with Crippen molar-refractivity contribution in [1.82, 2.24) is 0 Å². The molecule has 1 saturated heterocycles. The van der Waals surface area contributed by atoms with E-state index < -0.39 is 24.6 Å². The molecule has 21 heavy (non-hydrogen) atoms. The molecule has 0 aromatic heterocycles. The summed E-state index contributed by atoms with van der Waals surface area (Å²) in [4.78, 5) is 0. The highest BCUT2D eigenvalue weighted by Crippen LogP contribution is 2.30. The Morgan fingerprint density at radius 1 is 1.19 bits per heavy atom. The Morgan fingerprint density at radius 2 is 1.86 bits per heavy atom. The number of aliphatic hydroxyl groups is 2. The molecule has 1 aliphatic rings. The van der Waals surface area contributed by atoms with Gasteiger partial charge in [0.15, 0.2) is 6.29 Å². The van der Waals surface area contributed by atoms with Crippen LogP contribution in [0.5, 0.6) is 0 Å². The monoisotopic (exact) mass is 294 g/mol. The van der Waals surface area contributed by atoms with Crippen molar-refractivity contribution in [2.75, 3.05) is 6.61 Å². The van der Waals surface area contributed by atoms with Gasteiger partial charge in [0.05, 0.1) is 12.7 Å². The first-order valence-corrected chi connectivity index (χ1v) is 7.67. The lowest BCUT2D eigenvalue weighted by atomic mass is 9.89. The van der Waals surface area contributed by atoms with Gasteiger partial charge in [0.2, 0.25) is 0 Å². The molecule has 2 rings (SSSR count). The van der Waals surface area contributed by atoms with Crippen molar-refractivity contribution in [2.45, 2.75) is 51.8 Å². The third-order valence-electron chi connectivity index (χ3n) is 3.91. The first-order valence-electron chi connectivity index (χ1n) is 7.67. The Balaban J connectivity index is 2.04. The van der Waals surface area contributed by atoms with E-state index in [-0.39, 0.29) is 12.5 Å². The minimum Gasteiger partial charge on any atom is -0.390 e. The molecule has 0 bridgehead atoms. The van der Waals surface area contributed by atoms with E-state index in [4.69, 9.17) is 9.47 Å². The second-order valence-electron chi connectivity index (χ2n) is 6.34. The van der Waals surface area contributed by atoms with E-state index in [2.05, 4.69) is 13.8 Å². The van der Waals surface area contributed by atoms with Crippen LogP contribution in [0.25, 0.3) is 0 Å². The molecular formula is C17H26O4. The van der Waals surface area contributed by atoms with Crippen LogP contribution in [0.3, 0.4) is 0 Å². The Hall–Kier alpha value is -0.940. The standard InChI is InChI=1S/C17H26O4/c1-11(2)9-12(3)15(19)16-14(18)10-20-17(21-16)13-7-5-4-6-8-13/h4-8,11-12,14-19H,9-10H2,1-3H3/t12-,14+,15+,16+,17?/m0/s1. The number of ether oxygens (including phenoxy) is 2. The zero-order valence-electron chi connectivity index (χ0n) is 13.0. The Labute approximate surface area is 126 Å². The largest absolute Gasteiger partial charge is 0.390 e. The van der Waals surface area contributed by atoms with Crippen LogP contribution in [0.15, 0.2) is 30.3 Å². The average Bonchev–Trinajstić information content (AvgIpc) is 2.47. The normalized spacial score (nSPS) is 29.3. The number of rotatable bonds is 5. The Kier molecular flexibility index (Phi) is 5.76. The molecule has 1 aromatic carbocycles. The minimum absolute atomic E-state index is 0.0687. The number of hydrogen-bond donors (Lipinski definition) is 2. The lowest BCUT2D eigenvalue weighted by Crippen LogP contribution is -2.49. The lowest BCUT2D eigenvalue weighted by Gasteiger charge is -2.38. The van der Waals surface area contributed by atoms with Crippen molar-refractivity contribution < 1.29 is 19.7 Å². The maximum Gasteiger partial charge on any atom is 0.184 e. The zero-order chi connectivity index (χ0) is 15.4. The zero-order valence-corrected chi connectivity index (χ0v) is 13.0. The van der Waals surface area contributed by atoms with Crippen molar-refractivity contribution in [3.05, 3.63) is 35.9 Å². The van der Waals surface area contributed by atoms with E-state index in [1.807, 2.05) is 37.3 Å². The SMILES string of the molecule is CC(C)C[C@H](C)[C@@H](O)[C@@H]1OC(c2ccccc2)OC[C@H]1O. The fourth-order valence-electron chi connectivity index (χ4n) is 2.85. The Morgan fingerprint density at radius 3 is 2.48 bits per heavy atom. The van der Waals surface area contributed by atoms with Gasteiger partial charge < -0.3 is 19.7 Å². The quantitative estimate of drug-likeness (QED) is 0.876. The van der Waals surface area contributed by atoms with E-state index in [0.717, 1.165) is 12.0 Å². The molecule has 118 valence electrons. The third kappa shape index (κ3) is 4.27. The number of hydrogen-bond acceptors (Lipinski definition) is 4. The molecule has 2 N–H and O–H groups in total. The molecule has 4 nitrogen and oxygen atoms in total. The van der Waals surface area contributed by atoms with Gasteiger partial charge in [-0.3, -0.25) is 0 Å². The van der Waals surface area contributed by atoms with Crippen LogP contribution < -0.4 is 0 Å². The molecule has 0 saturated carbocycles. The molecule has 1 aliphatic heterocycles. The summed E-state index contributed by atoms with van der Waals surface area (Å²) in [5, 5.41) is 20.6. The molecule has 1 fully saturated rings. The first kappa shape index (κ1) is 16.4. The fraction of sp³-hybridized carbons (Fsp3) is 0.647. The smallest absolute Gasteiger partial charge is 0.184 e. The second kappa shape index (κ2) is 7.36. The van der Waals surface area contributed by atoms with E-state index in [1.165, 1.54) is 0 Å². The van der Waals surface area contributed by atoms with E-state index >= 15 is 0 Å². The van der Waals surface area contributed by atoms with Gasteiger partial charge in [-0.05, 0) is 18.3 Å². The molecule has 0 amide bonds.